The molecule has 3 rings (SSSR count). The molecule has 1 aromatic carbocycles. The largest absolute Gasteiger partial charge is 0.387 e. The molecule has 1 aromatic rings. The van der Waals surface area contributed by atoms with Crippen molar-refractivity contribution in [3.63, 3.8) is 0 Å². The van der Waals surface area contributed by atoms with Gasteiger partial charge in [-0.15, -0.1) is 0 Å². The summed E-state index contributed by atoms with van der Waals surface area (Å²) >= 11 is 0. The average molecular weight is 261 g/mol. The lowest BCUT2D eigenvalue weighted by atomic mass is 9.85. The van der Waals surface area contributed by atoms with Crippen molar-refractivity contribution >= 4 is 0 Å². The van der Waals surface area contributed by atoms with Crippen molar-refractivity contribution in [2.24, 2.45) is 0 Å². The van der Waals surface area contributed by atoms with Crippen molar-refractivity contribution in [2.45, 2.75) is 43.9 Å². The van der Waals surface area contributed by atoms with Gasteiger partial charge >= 0.3 is 0 Å². The molecule has 0 amide bonds. The molecule has 2 aliphatic rings. The van der Waals surface area contributed by atoms with E-state index in [-0.39, 0.29) is 12.1 Å². The van der Waals surface area contributed by atoms with Crippen molar-refractivity contribution in [3.8, 4) is 0 Å². The first-order valence-corrected chi connectivity index (χ1v) is 7.33. The number of aliphatic hydroxyl groups is 1. The van der Waals surface area contributed by atoms with Crippen LogP contribution < -0.4 is 0 Å². The van der Waals surface area contributed by atoms with E-state index >= 15 is 0 Å². The first kappa shape index (κ1) is 13.1. The first-order chi connectivity index (χ1) is 9.25. The summed E-state index contributed by atoms with van der Waals surface area (Å²) in [5.74, 6) is 0. The Balaban J connectivity index is 1.68. The van der Waals surface area contributed by atoms with Gasteiger partial charge in [0, 0.05) is 19.2 Å². The zero-order valence-corrected chi connectivity index (χ0v) is 11.6. The number of aryl methyl sites for hydroxylation is 1. The molecule has 3 unspecified atom stereocenters. The van der Waals surface area contributed by atoms with E-state index in [1.54, 1.807) is 0 Å². The minimum atomic E-state index is -0.364. The van der Waals surface area contributed by atoms with Crippen molar-refractivity contribution in [1.29, 1.82) is 0 Å². The Kier molecular flexibility index (Phi) is 3.87. The number of hydrogen-bond donors (Lipinski definition) is 1. The van der Waals surface area contributed by atoms with E-state index in [1.165, 1.54) is 12.0 Å². The molecule has 1 aliphatic carbocycles. The van der Waals surface area contributed by atoms with E-state index < -0.39 is 0 Å². The summed E-state index contributed by atoms with van der Waals surface area (Å²) < 4.78 is 5.70. The van der Waals surface area contributed by atoms with Gasteiger partial charge in [0.05, 0.1) is 12.2 Å². The molecule has 0 bridgehead atoms. The second-order valence-electron chi connectivity index (χ2n) is 5.82. The van der Waals surface area contributed by atoms with E-state index in [0.717, 1.165) is 38.0 Å². The fraction of sp³-hybridized carbons (Fsp3) is 0.625. The maximum Gasteiger partial charge on any atom is 0.0947 e. The summed E-state index contributed by atoms with van der Waals surface area (Å²) in [7, 11) is 2.11. The van der Waals surface area contributed by atoms with Crippen molar-refractivity contribution in [1.82, 2.24) is 4.90 Å². The van der Waals surface area contributed by atoms with Gasteiger partial charge in [-0.05, 0) is 43.9 Å². The summed E-state index contributed by atoms with van der Waals surface area (Å²) in [6.07, 6.45) is 4.42. The van der Waals surface area contributed by atoms with Gasteiger partial charge in [0.15, 0.2) is 0 Å². The summed E-state index contributed by atoms with van der Waals surface area (Å²) in [6, 6.07) is 8.49. The van der Waals surface area contributed by atoms with Crippen LogP contribution in [0.4, 0.5) is 0 Å². The maximum atomic E-state index is 10.6. The molecule has 0 saturated carbocycles. The molecule has 3 atom stereocenters. The molecule has 104 valence electrons. The predicted octanol–water partition coefficient (Wildman–Crippen LogP) is 2.15. The highest BCUT2D eigenvalue weighted by Gasteiger charge is 2.31. The van der Waals surface area contributed by atoms with Gasteiger partial charge in [-0.25, -0.2) is 0 Å². The second kappa shape index (κ2) is 5.61. The lowest BCUT2D eigenvalue weighted by Crippen LogP contribution is -2.43. The molecule has 0 radical (unpaired) electrons. The zero-order valence-electron chi connectivity index (χ0n) is 11.6. The molecule has 3 nitrogen and oxygen atoms in total. The van der Waals surface area contributed by atoms with Crippen LogP contribution in [0, 0.1) is 0 Å². The van der Waals surface area contributed by atoms with Crippen LogP contribution in [0.2, 0.25) is 0 Å². The van der Waals surface area contributed by atoms with Crippen LogP contribution in [0.15, 0.2) is 24.3 Å². The minimum absolute atomic E-state index is 0.221. The third kappa shape index (κ3) is 2.69. The number of ether oxygens (including phenoxy) is 1. The van der Waals surface area contributed by atoms with Gasteiger partial charge in [-0.2, -0.15) is 0 Å². The van der Waals surface area contributed by atoms with E-state index in [2.05, 4.69) is 30.1 Å². The smallest absolute Gasteiger partial charge is 0.0947 e. The zero-order chi connectivity index (χ0) is 13.2. The van der Waals surface area contributed by atoms with Gasteiger partial charge in [0.25, 0.3) is 0 Å². The molecule has 1 fully saturated rings. The quantitative estimate of drug-likeness (QED) is 0.905. The van der Waals surface area contributed by atoms with E-state index in [0.29, 0.717) is 6.10 Å². The fourth-order valence-corrected chi connectivity index (χ4v) is 3.43. The van der Waals surface area contributed by atoms with Crippen molar-refractivity contribution in [3.05, 3.63) is 35.4 Å². The Bertz CT molecular complexity index is 429. The number of likely N-dealkylation sites (N-methyl/N-ethyl adjacent to an activating group) is 1. The normalized spacial score (nSPS) is 30.6. The highest BCUT2D eigenvalue weighted by Crippen LogP contribution is 2.32. The lowest BCUT2D eigenvalue weighted by Gasteiger charge is -2.37. The Morgan fingerprint density at radius 1 is 1.32 bits per heavy atom. The summed E-state index contributed by atoms with van der Waals surface area (Å²) in [6.45, 7) is 1.83. The van der Waals surface area contributed by atoms with Crippen LogP contribution in [0.25, 0.3) is 0 Å². The average Bonchev–Trinajstić information content (AvgIpc) is 2.92. The number of rotatable bonds is 3. The number of nitrogens with zero attached hydrogens (tertiary/aromatic N) is 1. The van der Waals surface area contributed by atoms with Gasteiger partial charge in [-0.1, -0.05) is 24.3 Å². The topological polar surface area (TPSA) is 32.7 Å². The molecule has 3 heteroatoms. The summed E-state index contributed by atoms with van der Waals surface area (Å²) in [5.41, 5.74) is 2.41. The summed E-state index contributed by atoms with van der Waals surface area (Å²) in [5, 5.41) is 10.6. The molecule has 1 aliphatic heterocycles. The van der Waals surface area contributed by atoms with Crippen LogP contribution >= 0.6 is 0 Å². The number of hydrogen-bond acceptors (Lipinski definition) is 3. The van der Waals surface area contributed by atoms with Gasteiger partial charge in [0.2, 0.25) is 0 Å². The molecular formula is C16H23NO2. The molecule has 1 saturated heterocycles. The van der Waals surface area contributed by atoms with E-state index in [1.807, 2.05) is 6.07 Å². The minimum Gasteiger partial charge on any atom is -0.387 e. The van der Waals surface area contributed by atoms with Crippen LogP contribution in [0.3, 0.4) is 0 Å². The third-order valence-electron chi connectivity index (χ3n) is 4.53. The highest BCUT2D eigenvalue weighted by molar-refractivity contribution is 5.32. The van der Waals surface area contributed by atoms with E-state index in [4.69, 9.17) is 4.74 Å². The van der Waals surface area contributed by atoms with Gasteiger partial charge in [0.1, 0.15) is 0 Å². The molecule has 0 spiro atoms. The summed E-state index contributed by atoms with van der Waals surface area (Å²) in [4.78, 5) is 2.29. The SMILES string of the molecule is CN(CC1CCCO1)C1CCc2ccccc2C1O. The fourth-order valence-electron chi connectivity index (χ4n) is 3.43. The second-order valence-corrected chi connectivity index (χ2v) is 5.82. The lowest BCUT2D eigenvalue weighted by molar-refractivity contribution is 0.0152. The number of aliphatic hydroxyl groups excluding tert-OH is 1. The van der Waals surface area contributed by atoms with Crippen molar-refractivity contribution < 1.29 is 9.84 Å². The first-order valence-electron chi connectivity index (χ1n) is 7.33. The van der Waals surface area contributed by atoms with Gasteiger partial charge < -0.3 is 9.84 Å². The Morgan fingerprint density at radius 2 is 2.16 bits per heavy atom. The molecule has 19 heavy (non-hydrogen) atoms. The molecule has 1 N–H and O–H groups in total. The van der Waals surface area contributed by atoms with Crippen LogP contribution in [-0.4, -0.2) is 42.4 Å². The predicted molar refractivity (Wildman–Crippen MR) is 75.1 cm³/mol. The van der Waals surface area contributed by atoms with Crippen LogP contribution in [0.5, 0.6) is 0 Å². The standard InChI is InChI=1S/C16H23NO2/c1-17(11-13-6-4-10-19-13)15-9-8-12-5-2-3-7-14(12)16(15)18/h2-3,5,7,13,15-16,18H,4,6,8-11H2,1H3. The van der Waals surface area contributed by atoms with Crippen LogP contribution in [0.1, 0.15) is 36.5 Å². The van der Waals surface area contributed by atoms with Gasteiger partial charge in [-0.3, -0.25) is 4.90 Å². The Labute approximate surface area is 115 Å². The van der Waals surface area contributed by atoms with Crippen molar-refractivity contribution in [2.75, 3.05) is 20.2 Å². The monoisotopic (exact) mass is 261 g/mol. The van der Waals surface area contributed by atoms with Crippen LogP contribution in [-0.2, 0) is 11.2 Å². The number of benzene rings is 1. The highest BCUT2D eigenvalue weighted by atomic mass is 16.5. The number of fused-ring (bicyclic) bond motifs is 1. The molecular weight excluding hydrogens is 238 g/mol. The Hall–Kier alpha value is -0.900. The van der Waals surface area contributed by atoms with E-state index in [9.17, 15) is 5.11 Å². The molecule has 1 heterocycles. The molecule has 0 aromatic heterocycles. The third-order valence-corrected chi connectivity index (χ3v) is 4.53. The Morgan fingerprint density at radius 3 is 2.95 bits per heavy atom. The maximum absolute atomic E-state index is 10.6.